The third-order valence-electron chi connectivity index (χ3n) is 11.1. The minimum Gasteiger partial charge on any atom is -0.455 e. The fourth-order valence-corrected chi connectivity index (χ4v) is 8.27. The summed E-state index contributed by atoms with van der Waals surface area (Å²) in [7, 11) is 0. The van der Waals surface area contributed by atoms with E-state index in [1.165, 1.54) is 11.1 Å². The van der Waals surface area contributed by atoms with Crippen LogP contribution in [0.1, 0.15) is 0 Å². The first kappa shape index (κ1) is 33.5. The molecule has 4 nitrogen and oxygen atoms in total. The fraction of sp³-hybridized carbons (Fsp3) is 0. The Hall–Kier alpha value is -7.82. The lowest BCUT2D eigenvalue weighted by Gasteiger charge is -2.12. The van der Waals surface area contributed by atoms with Crippen molar-refractivity contribution in [3.05, 3.63) is 212 Å². The second-order valence-electron chi connectivity index (χ2n) is 14.5. The van der Waals surface area contributed by atoms with Crippen molar-refractivity contribution in [2.45, 2.75) is 0 Å². The van der Waals surface area contributed by atoms with Gasteiger partial charge in [-0.05, 0) is 53.1 Å². The number of nitrogens with zero attached hydrogens (tertiary/aromatic N) is 3. The van der Waals surface area contributed by atoms with Crippen molar-refractivity contribution in [3.8, 4) is 73.2 Å². The molecule has 0 spiro atoms. The second kappa shape index (κ2) is 14.0. The molecule has 0 saturated heterocycles. The van der Waals surface area contributed by atoms with Crippen LogP contribution >= 0.6 is 0 Å². The molecule has 0 bridgehead atoms. The molecule has 272 valence electrons. The van der Waals surface area contributed by atoms with Crippen molar-refractivity contribution in [1.82, 2.24) is 14.5 Å². The van der Waals surface area contributed by atoms with Gasteiger partial charge in [0.2, 0.25) is 0 Å². The van der Waals surface area contributed by atoms with Crippen LogP contribution in [-0.2, 0) is 0 Å². The summed E-state index contributed by atoms with van der Waals surface area (Å²) in [5.74, 6) is 1.57. The fourth-order valence-electron chi connectivity index (χ4n) is 8.27. The predicted molar refractivity (Wildman–Crippen MR) is 239 cm³/mol. The van der Waals surface area contributed by atoms with E-state index in [1.54, 1.807) is 0 Å². The number of rotatable bonds is 7. The maximum Gasteiger partial charge on any atom is 0.160 e. The van der Waals surface area contributed by atoms with Gasteiger partial charge in [-0.15, -0.1) is 0 Å². The summed E-state index contributed by atoms with van der Waals surface area (Å²) in [6.07, 6.45) is 0. The number of hydrogen-bond donors (Lipinski definition) is 0. The van der Waals surface area contributed by atoms with Crippen molar-refractivity contribution in [2.24, 2.45) is 0 Å². The SMILES string of the molecule is c1ccc(-c2ccc(-c3cc(-c4ccc(-n5c6ccccc6c6c7oc(-c8ccccc8)c(-c8ccccc8)c7ccc65)cc4)nc(-c4ccccc4)n3)cc2)cc1. The zero-order valence-electron chi connectivity index (χ0n) is 31.5. The number of hydrogen-bond acceptors (Lipinski definition) is 3. The van der Waals surface area contributed by atoms with Crippen LogP contribution in [0.15, 0.2) is 217 Å². The van der Waals surface area contributed by atoms with E-state index in [-0.39, 0.29) is 0 Å². The lowest BCUT2D eigenvalue weighted by Crippen LogP contribution is -1.97. The zero-order valence-corrected chi connectivity index (χ0v) is 31.5. The molecular formula is C54H35N3O. The van der Waals surface area contributed by atoms with Crippen LogP contribution in [0.3, 0.4) is 0 Å². The minimum absolute atomic E-state index is 0.693. The monoisotopic (exact) mass is 741 g/mol. The van der Waals surface area contributed by atoms with Crippen LogP contribution < -0.4 is 0 Å². The molecule has 0 atom stereocenters. The molecule has 0 amide bonds. The molecular weight excluding hydrogens is 707 g/mol. The lowest BCUT2D eigenvalue weighted by atomic mass is 9.98. The van der Waals surface area contributed by atoms with Gasteiger partial charge in [0, 0.05) is 44.3 Å². The second-order valence-corrected chi connectivity index (χ2v) is 14.5. The molecule has 0 unspecified atom stereocenters. The highest BCUT2D eigenvalue weighted by Crippen LogP contribution is 2.46. The van der Waals surface area contributed by atoms with E-state index in [4.69, 9.17) is 14.4 Å². The van der Waals surface area contributed by atoms with Crippen LogP contribution in [0.4, 0.5) is 0 Å². The minimum atomic E-state index is 0.693. The first-order chi connectivity index (χ1) is 28.8. The zero-order chi connectivity index (χ0) is 38.4. The van der Waals surface area contributed by atoms with Gasteiger partial charge in [0.05, 0.1) is 27.8 Å². The highest BCUT2D eigenvalue weighted by Gasteiger charge is 2.23. The lowest BCUT2D eigenvalue weighted by molar-refractivity contribution is 0.636. The molecule has 0 N–H and O–H groups in total. The number of benzene rings is 8. The van der Waals surface area contributed by atoms with Crippen molar-refractivity contribution < 1.29 is 4.42 Å². The van der Waals surface area contributed by atoms with Crippen LogP contribution in [0.2, 0.25) is 0 Å². The summed E-state index contributed by atoms with van der Waals surface area (Å²) in [6.45, 7) is 0. The molecule has 0 aliphatic rings. The number of furan rings is 1. The van der Waals surface area contributed by atoms with E-state index < -0.39 is 0 Å². The molecule has 0 aliphatic heterocycles. The van der Waals surface area contributed by atoms with Gasteiger partial charge < -0.3 is 8.98 Å². The van der Waals surface area contributed by atoms with E-state index in [0.29, 0.717) is 5.82 Å². The van der Waals surface area contributed by atoms with Crippen molar-refractivity contribution in [2.75, 3.05) is 0 Å². The summed E-state index contributed by atoms with van der Waals surface area (Å²) in [4.78, 5) is 10.2. The van der Waals surface area contributed by atoms with Crippen LogP contribution in [-0.4, -0.2) is 14.5 Å². The molecule has 11 rings (SSSR count). The molecule has 3 aromatic heterocycles. The Kier molecular flexibility index (Phi) is 8.11. The maximum atomic E-state index is 6.98. The topological polar surface area (TPSA) is 43.9 Å². The van der Waals surface area contributed by atoms with Gasteiger partial charge in [-0.25, -0.2) is 9.97 Å². The predicted octanol–water partition coefficient (Wildman–Crippen LogP) is 14.3. The highest BCUT2D eigenvalue weighted by atomic mass is 16.3. The smallest absolute Gasteiger partial charge is 0.160 e. The van der Waals surface area contributed by atoms with Gasteiger partial charge in [0.15, 0.2) is 5.82 Å². The summed E-state index contributed by atoms with van der Waals surface area (Å²) >= 11 is 0. The van der Waals surface area contributed by atoms with Gasteiger partial charge in [-0.1, -0.05) is 176 Å². The molecule has 0 aliphatic carbocycles. The first-order valence-corrected chi connectivity index (χ1v) is 19.6. The summed E-state index contributed by atoms with van der Waals surface area (Å²) in [5, 5.41) is 3.34. The Morgan fingerprint density at radius 2 is 0.862 bits per heavy atom. The normalized spacial score (nSPS) is 11.4. The van der Waals surface area contributed by atoms with Crippen LogP contribution in [0.5, 0.6) is 0 Å². The van der Waals surface area contributed by atoms with Gasteiger partial charge >= 0.3 is 0 Å². The van der Waals surface area contributed by atoms with E-state index in [0.717, 1.165) is 89.0 Å². The summed E-state index contributed by atoms with van der Waals surface area (Å²) in [6, 6.07) is 74.2. The molecule has 11 aromatic rings. The van der Waals surface area contributed by atoms with Gasteiger partial charge in [-0.2, -0.15) is 0 Å². The molecule has 58 heavy (non-hydrogen) atoms. The molecule has 4 heteroatoms. The van der Waals surface area contributed by atoms with Gasteiger partial charge in [0.1, 0.15) is 11.3 Å². The van der Waals surface area contributed by atoms with Crippen molar-refractivity contribution >= 4 is 32.8 Å². The number of para-hydroxylation sites is 1. The largest absolute Gasteiger partial charge is 0.455 e. The third-order valence-corrected chi connectivity index (χ3v) is 11.1. The van der Waals surface area contributed by atoms with E-state index in [2.05, 4.69) is 187 Å². The maximum absolute atomic E-state index is 6.98. The van der Waals surface area contributed by atoms with Gasteiger partial charge in [0.25, 0.3) is 0 Å². The quantitative estimate of drug-likeness (QED) is 0.163. The Morgan fingerprint density at radius 1 is 0.362 bits per heavy atom. The van der Waals surface area contributed by atoms with E-state index in [9.17, 15) is 0 Å². The molecule has 0 saturated carbocycles. The van der Waals surface area contributed by atoms with E-state index in [1.807, 2.05) is 30.3 Å². The average molecular weight is 742 g/mol. The Bertz CT molecular complexity index is 3220. The van der Waals surface area contributed by atoms with Crippen molar-refractivity contribution in [1.29, 1.82) is 0 Å². The Balaban J connectivity index is 1.04. The molecule has 8 aromatic carbocycles. The molecule has 0 fully saturated rings. The Morgan fingerprint density at radius 3 is 1.50 bits per heavy atom. The van der Waals surface area contributed by atoms with Gasteiger partial charge in [-0.3, -0.25) is 0 Å². The number of fused-ring (bicyclic) bond motifs is 5. The Labute approximate surface area is 336 Å². The summed E-state index contributed by atoms with van der Waals surface area (Å²) < 4.78 is 9.33. The summed E-state index contributed by atoms with van der Waals surface area (Å²) in [5.41, 5.74) is 14.6. The van der Waals surface area contributed by atoms with Crippen LogP contribution in [0.25, 0.3) is 106 Å². The molecule has 3 heterocycles. The van der Waals surface area contributed by atoms with E-state index >= 15 is 0 Å². The van der Waals surface area contributed by atoms with Crippen molar-refractivity contribution in [3.63, 3.8) is 0 Å². The first-order valence-electron chi connectivity index (χ1n) is 19.6. The molecule has 0 radical (unpaired) electrons. The highest BCUT2D eigenvalue weighted by molar-refractivity contribution is 6.22. The van der Waals surface area contributed by atoms with Crippen LogP contribution in [0, 0.1) is 0 Å². The standard InChI is InChI=1S/C54H35N3O/c1-5-15-36(16-6-1)37-25-27-38(28-26-37)46-35-47(56-54(55-46)42-21-11-4-12-22-42)39-29-31-43(32-30-39)57-48-24-14-13-23-44(48)51-49(57)34-33-45-50(40-17-7-2-8-18-40)52(58-53(45)51)41-19-9-3-10-20-41/h1-35H. The average Bonchev–Trinajstić information content (AvgIpc) is 3.87. The number of aromatic nitrogens is 3. The third kappa shape index (κ3) is 5.78.